The van der Waals surface area contributed by atoms with Crippen LogP contribution in [-0.2, 0) is 4.74 Å². The summed E-state index contributed by atoms with van der Waals surface area (Å²) in [7, 11) is 0. The molecule has 1 atom stereocenters. The van der Waals surface area contributed by atoms with Crippen molar-refractivity contribution >= 4 is 17.2 Å². The molecule has 1 saturated heterocycles. The number of carbonyl (C=O) groups excluding carboxylic acids is 1. The Balaban J connectivity index is 2.02. The van der Waals surface area contributed by atoms with Crippen molar-refractivity contribution in [3.8, 4) is 0 Å². The molecule has 5 heteroatoms. The Hall–Kier alpha value is -0.940. The summed E-state index contributed by atoms with van der Waals surface area (Å²) in [5.41, 5.74) is 2.57. The zero-order chi connectivity index (χ0) is 12.3. The van der Waals surface area contributed by atoms with Gasteiger partial charge >= 0.3 is 0 Å². The van der Waals surface area contributed by atoms with Gasteiger partial charge in [0.1, 0.15) is 4.88 Å². The van der Waals surface area contributed by atoms with Crippen LogP contribution in [0.25, 0.3) is 0 Å². The van der Waals surface area contributed by atoms with Gasteiger partial charge in [0.15, 0.2) is 0 Å². The lowest BCUT2D eigenvalue weighted by Gasteiger charge is -2.23. The molecule has 1 aliphatic heterocycles. The van der Waals surface area contributed by atoms with Crippen LogP contribution in [0.4, 0.5) is 0 Å². The predicted octanol–water partition coefficient (Wildman–Crippen LogP) is 1.95. The summed E-state index contributed by atoms with van der Waals surface area (Å²) in [5.74, 6) is 0.603. The Morgan fingerprint density at radius 1 is 1.71 bits per heavy atom. The number of carbonyl (C=O) groups is 1. The quantitative estimate of drug-likeness (QED) is 0.824. The molecule has 2 heterocycles. The minimum atomic E-state index is 0.111. The maximum absolute atomic E-state index is 12.3. The number of amides is 1. The Bertz CT molecular complexity index is 386. The third-order valence-corrected chi connectivity index (χ3v) is 4.03. The van der Waals surface area contributed by atoms with Gasteiger partial charge in [0.2, 0.25) is 0 Å². The summed E-state index contributed by atoms with van der Waals surface area (Å²) in [5, 5.41) is 0. The molecule has 94 valence electrons. The molecule has 1 aromatic rings. The first-order chi connectivity index (χ1) is 8.22. The molecule has 4 nitrogen and oxygen atoms in total. The maximum atomic E-state index is 12.3. The van der Waals surface area contributed by atoms with Crippen molar-refractivity contribution < 1.29 is 9.53 Å². The van der Waals surface area contributed by atoms with Crippen LogP contribution in [-0.4, -0.2) is 42.1 Å². The van der Waals surface area contributed by atoms with E-state index in [2.05, 4.69) is 4.98 Å². The summed E-state index contributed by atoms with van der Waals surface area (Å²) in [6.45, 7) is 7.06. The number of thiazole rings is 1. The van der Waals surface area contributed by atoms with Gasteiger partial charge in [-0.1, -0.05) is 0 Å². The van der Waals surface area contributed by atoms with E-state index in [0.717, 1.165) is 43.3 Å². The first kappa shape index (κ1) is 12.5. The molecule has 0 radical (unpaired) electrons. The van der Waals surface area contributed by atoms with Gasteiger partial charge in [0, 0.05) is 25.6 Å². The molecular formula is C12H18N2O2S. The van der Waals surface area contributed by atoms with E-state index in [1.807, 2.05) is 18.7 Å². The highest BCUT2D eigenvalue weighted by Gasteiger charge is 2.23. The zero-order valence-electron chi connectivity index (χ0n) is 10.3. The molecule has 1 aromatic heterocycles. The minimum Gasteiger partial charge on any atom is -0.381 e. The van der Waals surface area contributed by atoms with Gasteiger partial charge in [-0.15, -0.1) is 11.3 Å². The molecule has 2 rings (SSSR count). The van der Waals surface area contributed by atoms with E-state index in [4.69, 9.17) is 4.74 Å². The van der Waals surface area contributed by atoms with Crippen LogP contribution >= 0.6 is 11.3 Å². The Morgan fingerprint density at radius 3 is 3.06 bits per heavy atom. The van der Waals surface area contributed by atoms with Crippen molar-refractivity contribution in [2.45, 2.75) is 20.3 Å². The molecule has 1 aliphatic rings. The molecule has 0 saturated carbocycles. The van der Waals surface area contributed by atoms with Crippen LogP contribution in [0.5, 0.6) is 0 Å². The normalized spacial score (nSPS) is 19.5. The van der Waals surface area contributed by atoms with Crippen LogP contribution < -0.4 is 0 Å². The summed E-state index contributed by atoms with van der Waals surface area (Å²) < 4.78 is 5.35. The van der Waals surface area contributed by atoms with E-state index < -0.39 is 0 Å². The smallest absolute Gasteiger partial charge is 0.265 e. The highest BCUT2D eigenvalue weighted by molar-refractivity contribution is 7.11. The van der Waals surface area contributed by atoms with Crippen molar-refractivity contribution in [2.75, 3.05) is 26.3 Å². The van der Waals surface area contributed by atoms with E-state index >= 15 is 0 Å². The maximum Gasteiger partial charge on any atom is 0.265 e. The monoisotopic (exact) mass is 254 g/mol. The molecule has 17 heavy (non-hydrogen) atoms. The van der Waals surface area contributed by atoms with Gasteiger partial charge in [0.05, 0.1) is 17.8 Å². The Labute approximate surface area is 106 Å². The van der Waals surface area contributed by atoms with E-state index in [-0.39, 0.29) is 5.91 Å². The molecule has 0 aromatic carbocycles. The number of nitrogens with zero attached hydrogens (tertiary/aromatic N) is 2. The molecule has 0 bridgehead atoms. The van der Waals surface area contributed by atoms with Crippen LogP contribution in [0.3, 0.4) is 0 Å². The van der Waals surface area contributed by atoms with Crippen molar-refractivity contribution in [1.29, 1.82) is 0 Å². The third kappa shape index (κ3) is 2.84. The van der Waals surface area contributed by atoms with Crippen molar-refractivity contribution in [3.05, 3.63) is 16.1 Å². The van der Waals surface area contributed by atoms with Gasteiger partial charge < -0.3 is 9.64 Å². The fourth-order valence-electron chi connectivity index (χ4n) is 2.05. The van der Waals surface area contributed by atoms with Crippen LogP contribution in [0.2, 0.25) is 0 Å². The highest BCUT2D eigenvalue weighted by Crippen LogP contribution is 2.18. The number of ether oxygens (including phenoxy) is 1. The SMILES string of the molecule is CCN(C[C@H]1CCOC1)C(=O)c1scnc1C. The summed E-state index contributed by atoms with van der Waals surface area (Å²) >= 11 is 1.43. The van der Waals surface area contributed by atoms with Crippen LogP contribution in [0.1, 0.15) is 28.7 Å². The first-order valence-electron chi connectivity index (χ1n) is 5.99. The second-order valence-electron chi connectivity index (χ2n) is 4.34. The minimum absolute atomic E-state index is 0.111. The van der Waals surface area contributed by atoms with Gasteiger partial charge in [-0.3, -0.25) is 4.79 Å². The standard InChI is InChI=1S/C12H18N2O2S/c1-3-14(6-10-4-5-16-7-10)12(15)11-9(2)13-8-17-11/h8,10H,3-7H2,1-2H3/t10-/m1/s1. The Kier molecular flexibility index (Phi) is 4.12. The predicted molar refractivity (Wildman–Crippen MR) is 67.4 cm³/mol. The van der Waals surface area contributed by atoms with Gasteiger partial charge in [0.25, 0.3) is 5.91 Å². The number of aryl methyl sites for hydroxylation is 1. The number of hydrogen-bond acceptors (Lipinski definition) is 4. The lowest BCUT2D eigenvalue weighted by Crippen LogP contribution is -2.35. The summed E-state index contributed by atoms with van der Waals surface area (Å²) in [4.78, 5) is 19.1. The summed E-state index contributed by atoms with van der Waals surface area (Å²) in [6, 6.07) is 0. The lowest BCUT2D eigenvalue weighted by atomic mass is 10.1. The van der Waals surface area contributed by atoms with E-state index in [9.17, 15) is 4.79 Å². The van der Waals surface area contributed by atoms with Gasteiger partial charge in [-0.25, -0.2) is 4.98 Å². The summed E-state index contributed by atoms with van der Waals surface area (Å²) in [6.07, 6.45) is 1.06. The molecule has 1 amide bonds. The van der Waals surface area contributed by atoms with Crippen molar-refractivity contribution in [1.82, 2.24) is 9.88 Å². The topological polar surface area (TPSA) is 42.4 Å². The van der Waals surface area contributed by atoms with Crippen LogP contribution in [0.15, 0.2) is 5.51 Å². The largest absolute Gasteiger partial charge is 0.381 e. The molecule has 0 spiro atoms. The van der Waals surface area contributed by atoms with Crippen molar-refractivity contribution in [2.24, 2.45) is 5.92 Å². The molecule has 1 fully saturated rings. The van der Waals surface area contributed by atoms with Crippen molar-refractivity contribution in [3.63, 3.8) is 0 Å². The van der Waals surface area contributed by atoms with E-state index in [1.165, 1.54) is 11.3 Å². The van der Waals surface area contributed by atoms with E-state index in [1.54, 1.807) is 5.51 Å². The molecule has 0 N–H and O–H groups in total. The average Bonchev–Trinajstić information content (AvgIpc) is 2.96. The van der Waals surface area contributed by atoms with Gasteiger partial charge in [-0.05, 0) is 20.3 Å². The third-order valence-electron chi connectivity index (χ3n) is 3.11. The molecule has 0 aliphatic carbocycles. The fraction of sp³-hybridized carbons (Fsp3) is 0.667. The second-order valence-corrected chi connectivity index (χ2v) is 5.20. The lowest BCUT2D eigenvalue weighted by molar-refractivity contribution is 0.0734. The Morgan fingerprint density at radius 2 is 2.53 bits per heavy atom. The number of aromatic nitrogens is 1. The molecule has 0 unspecified atom stereocenters. The van der Waals surface area contributed by atoms with Crippen LogP contribution in [0, 0.1) is 12.8 Å². The highest BCUT2D eigenvalue weighted by atomic mass is 32.1. The fourth-order valence-corrected chi connectivity index (χ4v) is 2.81. The number of hydrogen-bond donors (Lipinski definition) is 0. The van der Waals surface area contributed by atoms with E-state index in [0.29, 0.717) is 5.92 Å². The molecular weight excluding hydrogens is 236 g/mol. The number of rotatable bonds is 4. The zero-order valence-corrected chi connectivity index (χ0v) is 11.1. The van der Waals surface area contributed by atoms with Gasteiger partial charge in [-0.2, -0.15) is 0 Å². The first-order valence-corrected chi connectivity index (χ1v) is 6.87. The second kappa shape index (κ2) is 5.60. The average molecular weight is 254 g/mol.